The second-order valence-corrected chi connectivity index (χ2v) is 3.32. The van der Waals surface area contributed by atoms with Crippen molar-refractivity contribution in [2.45, 2.75) is 13.3 Å². The molecule has 13 heavy (non-hydrogen) atoms. The van der Waals surface area contributed by atoms with Crippen LogP contribution in [0.5, 0.6) is 0 Å². The third kappa shape index (κ3) is 1.99. The van der Waals surface area contributed by atoms with E-state index in [9.17, 15) is 9.59 Å². The van der Waals surface area contributed by atoms with Crippen molar-refractivity contribution in [2.24, 2.45) is 11.8 Å². The molecule has 0 heterocycles. The molecule has 1 aliphatic carbocycles. The second-order valence-electron chi connectivity index (χ2n) is 3.32. The molecule has 2 atom stereocenters. The van der Waals surface area contributed by atoms with E-state index in [1.54, 1.807) is 11.9 Å². The number of esters is 1. The van der Waals surface area contributed by atoms with Gasteiger partial charge in [-0.1, -0.05) is 0 Å². The molecule has 1 aliphatic rings. The fraction of sp³-hybridized carbons (Fsp3) is 0.778. The Labute approximate surface area is 77.8 Å². The Bertz CT molecular complexity index is 227. The first-order valence-corrected chi connectivity index (χ1v) is 4.44. The second kappa shape index (κ2) is 3.77. The molecular weight excluding hydrogens is 170 g/mol. The number of nitrogens with zero attached hydrogens (tertiary/aromatic N) is 1. The zero-order valence-electron chi connectivity index (χ0n) is 8.24. The van der Waals surface area contributed by atoms with E-state index in [0.717, 1.165) is 0 Å². The highest BCUT2D eigenvalue weighted by Crippen LogP contribution is 2.40. The van der Waals surface area contributed by atoms with E-state index >= 15 is 0 Å². The van der Waals surface area contributed by atoms with E-state index in [4.69, 9.17) is 0 Å². The molecule has 4 nitrogen and oxygen atoms in total. The lowest BCUT2D eigenvalue weighted by molar-refractivity contribution is -0.144. The average Bonchev–Trinajstić information content (AvgIpc) is 2.93. The van der Waals surface area contributed by atoms with Crippen molar-refractivity contribution in [3.8, 4) is 0 Å². The van der Waals surface area contributed by atoms with Crippen molar-refractivity contribution in [2.75, 3.05) is 20.7 Å². The van der Waals surface area contributed by atoms with Gasteiger partial charge in [-0.3, -0.25) is 9.59 Å². The Balaban J connectivity index is 2.42. The molecule has 0 saturated heterocycles. The first-order chi connectivity index (χ1) is 6.11. The number of hydrogen-bond donors (Lipinski definition) is 0. The zero-order chi connectivity index (χ0) is 10.0. The van der Waals surface area contributed by atoms with Gasteiger partial charge in [-0.2, -0.15) is 0 Å². The molecule has 74 valence electrons. The van der Waals surface area contributed by atoms with Gasteiger partial charge in [-0.05, 0) is 13.3 Å². The lowest BCUT2D eigenvalue weighted by atomic mass is 10.3. The molecule has 0 aromatic heterocycles. The molecule has 1 saturated carbocycles. The summed E-state index contributed by atoms with van der Waals surface area (Å²) in [5.74, 6) is -0.523. The topological polar surface area (TPSA) is 46.6 Å². The molecule has 0 spiro atoms. The van der Waals surface area contributed by atoms with E-state index in [-0.39, 0.29) is 23.7 Å². The third-order valence-corrected chi connectivity index (χ3v) is 2.46. The summed E-state index contributed by atoms with van der Waals surface area (Å²) in [4.78, 5) is 24.1. The molecular formula is C9H15NO3. The van der Waals surface area contributed by atoms with Gasteiger partial charge >= 0.3 is 5.97 Å². The minimum atomic E-state index is -0.261. The van der Waals surface area contributed by atoms with Crippen LogP contribution in [0.1, 0.15) is 13.3 Å². The van der Waals surface area contributed by atoms with E-state index in [0.29, 0.717) is 13.0 Å². The van der Waals surface area contributed by atoms with Gasteiger partial charge in [0.15, 0.2) is 0 Å². The molecule has 1 rings (SSSR count). The van der Waals surface area contributed by atoms with Crippen molar-refractivity contribution < 1.29 is 14.3 Å². The van der Waals surface area contributed by atoms with Gasteiger partial charge in [-0.15, -0.1) is 0 Å². The van der Waals surface area contributed by atoms with Crippen LogP contribution in [0.25, 0.3) is 0 Å². The first-order valence-electron chi connectivity index (χ1n) is 4.44. The summed E-state index contributed by atoms with van der Waals surface area (Å²) < 4.78 is 4.56. The third-order valence-electron chi connectivity index (χ3n) is 2.46. The Morgan fingerprint density at radius 1 is 1.46 bits per heavy atom. The number of rotatable bonds is 3. The van der Waals surface area contributed by atoms with Crippen LogP contribution < -0.4 is 0 Å². The van der Waals surface area contributed by atoms with Gasteiger partial charge in [0.05, 0.1) is 18.9 Å². The van der Waals surface area contributed by atoms with Crippen molar-refractivity contribution in [3.05, 3.63) is 0 Å². The molecule has 1 amide bonds. The first kappa shape index (κ1) is 10.0. The quantitative estimate of drug-likeness (QED) is 0.593. The maximum atomic E-state index is 11.5. The standard InChI is InChI=1S/C9H15NO3/c1-4-10(2)8(11)6-5-7(6)9(12)13-3/h6-7H,4-5H2,1-3H3. The van der Waals surface area contributed by atoms with E-state index in [1.807, 2.05) is 6.92 Å². The van der Waals surface area contributed by atoms with Crippen molar-refractivity contribution in [3.63, 3.8) is 0 Å². The van der Waals surface area contributed by atoms with Crippen LogP contribution in [0.2, 0.25) is 0 Å². The Morgan fingerprint density at radius 3 is 2.54 bits per heavy atom. The molecule has 0 bridgehead atoms. The molecule has 0 radical (unpaired) electrons. The van der Waals surface area contributed by atoms with Gasteiger partial charge in [0.2, 0.25) is 5.91 Å². The smallest absolute Gasteiger partial charge is 0.309 e. The van der Waals surface area contributed by atoms with Crippen LogP contribution in [0.4, 0.5) is 0 Å². The van der Waals surface area contributed by atoms with Gasteiger partial charge < -0.3 is 9.64 Å². The van der Waals surface area contributed by atoms with Crippen LogP contribution >= 0.6 is 0 Å². The van der Waals surface area contributed by atoms with Gasteiger partial charge in [0, 0.05) is 13.6 Å². The molecule has 0 aromatic rings. The number of carbonyl (C=O) groups is 2. The van der Waals surface area contributed by atoms with Gasteiger partial charge in [0.1, 0.15) is 0 Å². The van der Waals surface area contributed by atoms with Crippen LogP contribution in [0.15, 0.2) is 0 Å². The molecule has 0 N–H and O–H groups in total. The van der Waals surface area contributed by atoms with Crippen molar-refractivity contribution in [1.29, 1.82) is 0 Å². The van der Waals surface area contributed by atoms with Crippen molar-refractivity contribution in [1.82, 2.24) is 4.90 Å². The summed E-state index contributed by atoms with van der Waals surface area (Å²) in [7, 11) is 3.10. The van der Waals surface area contributed by atoms with Crippen LogP contribution in [-0.4, -0.2) is 37.5 Å². The minimum absolute atomic E-state index is 0.0536. The fourth-order valence-electron chi connectivity index (χ4n) is 1.32. The van der Waals surface area contributed by atoms with Crippen molar-refractivity contribution >= 4 is 11.9 Å². The number of methoxy groups -OCH3 is 1. The zero-order valence-corrected chi connectivity index (χ0v) is 8.24. The summed E-state index contributed by atoms with van der Waals surface area (Å²) in [6, 6.07) is 0. The summed E-state index contributed by atoms with van der Waals surface area (Å²) in [6.07, 6.45) is 0.649. The molecule has 2 unspecified atom stereocenters. The number of ether oxygens (including phenoxy) is 1. The largest absolute Gasteiger partial charge is 0.469 e. The Morgan fingerprint density at radius 2 is 2.08 bits per heavy atom. The average molecular weight is 185 g/mol. The highest BCUT2D eigenvalue weighted by atomic mass is 16.5. The lowest BCUT2D eigenvalue weighted by Gasteiger charge is -2.13. The molecule has 4 heteroatoms. The SMILES string of the molecule is CCN(C)C(=O)C1CC1C(=O)OC. The maximum absolute atomic E-state index is 11.5. The maximum Gasteiger partial charge on any atom is 0.309 e. The van der Waals surface area contributed by atoms with E-state index in [2.05, 4.69) is 4.74 Å². The Hall–Kier alpha value is -1.06. The summed E-state index contributed by atoms with van der Waals surface area (Å²) in [5, 5.41) is 0. The fourth-order valence-corrected chi connectivity index (χ4v) is 1.32. The lowest BCUT2D eigenvalue weighted by Crippen LogP contribution is -2.29. The number of amides is 1. The summed E-state index contributed by atoms with van der Waals surface area (Å²) >= 11 is 0. The summed E-state index contributed by atoms with van der Waals surface area (Å²) in [5.41, 5.74) is 0. The van der Waals surface area contributed by atoms with Gasteiger partial charge in [-0.25, -0.2) is 0 Å². The molecule has 0 aromatic carbocycles. The predicted octanol–water partition coefficient (Wildman–Crippen LogP) is 0.274. The predicted molar refractivity (Wildman–Crippen MR) is 46.9 cm³/mol. The normalized spacial score (nSPS) is 25.2. The summed E-state index contributed by atoms with van der Waals surface area (Å²) in [6.45, 7) is 2.59. The van der Waals surface area contributed by atoms with E-state index < -0.39 is 0 Å². The van der Waals surface area contributed by atoms with Crippen LogP contribution in [0, 0.1) is 11.8 Å². The number of carbonyl (C=O) groups excluding carboxylic acids is 2. The van der Waals surface area contributed by atoms with Gasteiger partial charge in [0.25, 0.3) is 0 Å². The highest BCUT2D eigenvalue weighted by Gasteiger charge is 2.49. The number of hydrogen-bond acceptors (Lipinski definition) is 3. The monoisotopic (exact) mass is 185 g/mol. The molecule has 0 aliphatic heterocycles. The van der Waals surface area contributed by atoms with Crippen LogP contribution in [0.3, 0.4) is 0 Å². The highest BCUT2D eigenvalue weighted by molar-refractivity contribution is 5.89. The molecule has 1 fully saturated rings. The minimum Gasteiger partial charge on any atom is -0.469 e. The van der Waals surface area contributed by atoms with Crippen LogP contribution in [-0.2, 0) is 14.3 Å². The van der Waals surface area contributed by atoms with E-state index in [1.165, 1.54) is 7.11 Å². The Kier molecular flexibility index (Phi) is 2.90.